The van der Waals surface area contributed by atoms with Crippen molar-refractivity contribution < 1.29 is 9.59 Å². The molecule has 1 aliphatic heterocycles. The van der Waals surface area contributed by atoms with Gasteiger partial charge in [0, 0.05) is 31.2 Å². The smallest absolute Gasteiger partial charge is 0.313 e. The van der Waals surface area contributed by atoms with E-state index in [1.54, 1.807) is 12.1 Å². The third-order valence-electron chi connectivity index (χ3n) is 4.60. The largest absolute Gasteiger partial charge is 0.353 e. The van der Waals surface area contributed by atoms with E-state index in [1.807, 2.05) is 37.5 Å². The Kier molecular flexibility index (Phi) is 5.50. The molecule has 0 saturated carbocycles. The van der Waals surface area contributed by atoms with Crippen molar-refractivity contribution in [3.63, 3.8) is 0 Å². The van der Waals surface area contributed by atoms with Crippen molar-refractivity contribution in [2.24, 2.45) is 7.05 Å². The van der Waals surface area contributed by atoms with Crippen molar-refractivity contribution >= 4 is 17.5 Å². The highest BCUT2D eigenvalue weighted by Crippen LogP contribution is 2.24. The Bertz CT molecular complexity index is 720. The summed E-state index contributed by atoms with van der Waals surface area (Å²) in [6.45, 7) is 2.45. The predicted molar refractivity (Wildman–Crippen MR) is 97.0 cm³/mol. The molecule has 1 atom stereocenters. The van der Waals surface area contributed by atoms with Gasteiger partial charge in [0.2, 0.25) is 0 Å². The van der Waals surface area contributed by atoms with E-state index in [0.29, 0.717) is 12.2 Å². The average molecular weight is 340 g/mol. The fraction of sp³-hybridized carbons (Fsp3) is 0.368. The van der Waals surface area contributed by atoms with Crippen molar-refractivity contribution in [1.29, 1.82) is 0 Å². The molecule has 6 nitrogen and oxygen atoms in total. The van der Waals surface area contributed by atoms with Crippen LogP contribution in [0.15, 0.2) is 48.7 Å². The molecule has 1 aromatic heterocycles. The zero-order valence-corrected chi connectivity index (χ0v) is 14.4. The monoisotopic (exact) mass is 340 g/mol. The number of hydrogen-bond acceptors (Lipinski definition) is 3. The number of likely N-dealkylation sites (tertiary alicyclic amines) is 1. The maximum absolute atomic E-state index is 12.2. The van der Waals surface area contributed by atoms with Crippen LogP contribution in [0.25, 0.3) is 0 Å². The summed E-state index contributed by atoms with van der Waals surface area (Å²) in [6.07, 6.45) is 4.34. The van der Waals surface area contributed by atoms with Gasteiger partial charge in [-0.05, 0) is 50.2 Å². The Morgan fingerprint density at radius 1 is 1.04 bits per heavy atom. The van der Waals surface area contributed by atoms with Crippen molar-refractivity contribution in [3.8, 4) is 0 Å². The van der Waals surface area contributed by atoms with Gasteiger partial charge in [0.05, 0.1) is 6.04 Å². The standard InChI is InChI=1S/C19H24N4O2/c1-22-11-7-10-16(22)17(23-12-5-6-13-23)14-20-18(24)19(25)21-15-8-3-2-4-9-15/h2-4,7-11,17H,5-6,12-14H2,1H3,(H,20,24)(H,21,25). The minimum absolute atomic E-state index is 0.0796. The van der Waals surface area contributed by atoms with Crippen LogP contribution in [0.1, 0.15) is 24.6 Å². The molecule has 1 aromatic carbocycles. The number of carbonyl (C=O) groups excluding carboxylic acids is 2. The fourth-order valence-electron chi connectivity index (χ4n) is 3.27. The summed E-state index contributed by atoms with van der Waals surface area (Å²) < 4.78 is 2.07. The molecule has 0 aliphatic carbocycles. The second-order valence-corrected chi connectivity index (χ2v) is 6.33. The first-order valence-electron chi connectivity index (χ1n) is 8.64. The Labute approximate surface area is 147 Å². The molecule has 25 heavy (non-hydrogen) atoms. The lowest BCUT2D eigenvalue weighted by Gasteiger charge is -2.28. The van der Waals surface area contributed by atoms with Crippen LogP contribution >= 0.6 is 0 Å². The molecule has 132 valence electrons. The summed E-state index contributed by atoms with van der Waals surface area (Å²) in [7, 11) is 2.00. The van der Waals surface area contributed by atoms with E-state index in [0.717, 1.165) is 18.8 Å². The van der Waals surface area contributed by atoms with Crippen molar-refractivity contribution in [2.75, 3.05) is 25.0 Å². The number of rotatable bonds is 5. The van der Waals surface area contributed by atoms with E-state index in [4.69, 9.17) is 0 Å². The van der Waals surface area contributed by atoms with Gasteiger partial charge in [-0.3, -0.25) is 14.5 Å². The third-order valence-corrected chi connectivity index (χ3v) is 4.60. The van der Waals surface area contributed by atoms with Gasteiger partial charge in [0.25, 0.3) is 0 Å². The molecule has 1 fully saturated rings. The van der Waals surface area contributed by atoms with Gasteiger partial charge >= 0.3 is 11.8 Å². The molecular weight excluding hydrogens is 316 g/mol. The van der Waals surface area contributed by atoms with Crippen molar-refractivity contribution in [3.05, 3.63) is 54.4 Å². The lowest BCUT2D eigenvalue weighted by Crippen LogP contribution is -2.41. The first-order valence-corrected chi connectivity index (χ1v) is 8.64. The van der Waals surface area contributed by atoms with Crippen molar-refractivity contribution in [1.82, 2.24) is 14.8 Å². The quantitative estimate of drug-likeness (QED) is 0.817. The number of nitrogens with one attached hydrogen (secondary N) is 2. The second-order valence-electron chi connectivity index (χ2n) is 6.33. The summed E-state index contributed by atoms with van der Waals surface area (Å²) >= 11 is 0. The van der Waals surface area contributed by atoms with E-state index in [-0.39, 0.29) is 6.04 Å². The van der Waals surface area contributed by atoms with Crippen LogP contribution in [0.3, 0.4) is 0 Å². The molecule has 0 spiro atoms. The lowest BCUT2D eigenvalue weighted by molar-refractivity contribution is -0.136. The SMILES string of the molecule is Cn1cccc1C(CNC(=O)C(=O)Nc1ccccc1)N1CCCC1. The van der Waals surface area contributed by atoms with E-state index in [1.165, 1.54) is 12.8 Å². The van der Waals surface area contributed by atoms with E-state index in [9.17, 15) is 9.59 Å². The normalized spacial score (nSPS) is 15.7. The van der Waals surface area contributed by atoms with Crippen LogP contribution in [0, 0.1) is 0 Å². The summed E-state index contributed by atoms with van der Waals surface area (Å²) in [4.78, 5) is 26.6. The second kappa shape index (κ2) is 7.98. The highest BCUT2D eigenvalue weighted by atomic mass is 16.2. The Morgan fingerprint density at radius 3 is 2.40 bits per heavy atom. The Balaban J connectivity index is 1.61. The van der Waals surface area contributed by atoms with Gasteiger partial charge in [-0.2, -0.15) is 0 Å². The van der Waals surface area contributed by atoms with Crippen LogP contribution in [0.5, 0.6) is 0 Å². The molecule has 0 radical (unpaired) electrons. The number of aromatic nitrogens is 1. The van der Waals surface area contributed by atoms with E-state index in [2.05, 4.69) is 26.2 Å². The van der Waals surface area contributed by atoms with Gasteiger partial charge < -0.3 is 15.2 Å². The molecule has 3 rings (SSSR count). The molecule has 2 N–H and O–H groups in total. The first kappa shape index (κ1) is 17.2. The lowest BCUT2D eigenvalue weighted by atomic mass is 10.1. The van der Waals surface area contributed by atoms with Gasteiger partial charge in [-0.1, -0.05) is 18.2 Å². The van der Waals surface area contributed by atoms with Crippen LogP contribution in [-0.2, 0) is 16.6 Å². The number of nitrogens with zero attached hydrogens (tertiary/aromatic N) is 2. The summed E-state index contributed by atoms with van der Waals surface area (Å²) in [5, 5.41) is 5.40. The topological polar surface area (TPSA) is 66.4 Å². The van der Waals surface area contributed by atoms with Gasteiger partial charge in [0.15, 0.2) is 0 Å². The molecule has 2 aromatic rings. The molecule has 2 amide bonds. The maximum atomic E-state index is 12.2. The number of anilines is 1. The zero-order chi connectivity index (χ0) is 17.6. The summed E-state index contributed by atoms with van der Waals surface area (Å²) in [5.41, 5.74) is 1.76. The number of aryl methyl sites for hydroxylation is 1. The fourth-order valence-corrected chi connectivity index (χ4v) is 3.27. The number of hydrogen-bond donors (Lipinski definition) is 2. The molecule has 1 unspecified atom stereocenters. The first-order chi connectivity index (χ1) is 12.1. The average Bonchev–Trinajstić information content (AvgIpc) is 3.28. The molecule has 0 bridgehead atoms. The third kappa shape index (κ3) is 4.28. The summed E-state index contributed by atoms with van der Waals surface area (Å²) in [6, 6.07) is 13.1. The number of benzene rings is 1. The minimum atomic E-state index is -0.641. The predicted octanol–water partition coefficient (Wildman–Crippen LogP) is 1.92. The van der Waals surface area contributed by atoms with Gasteiger partial charge in [0.1, 0.15) is 0 Å². The van der Waals surface area contributed by atoms with E-state index < -0.39 is 11.8 Å². The van der Waals surface area contributed by atoms with Crippen LogP contribution in [0.4, 0.5) is 5.69 Å². The highest BCUT2D eigenvalue weighted by molar-refractivity contribution is 6.39. The van der Waals surface area contributed by atoms with Crippen LogP contribution < -0.4 is 10.6 Å². The molecular formula is C19H24N4O2. The molecule has 1 saturated heterocycles. The molecule has 2 heterocycles. The number of para-hydroxylation sites is 1. The Hall–Kier alpha value is -2.60. The Morgan fingerprint density at radius 2 is 1.76 bits per heavy atom. The van der Waals surface area contributed by atoms with Gasteiger partial charge in [-0.15, -0.1) is 0 Å². The van der Waals surface area contributed by atoms with Crippen LogP contribution in [-0.4, -0.2) is 40.9 Å². The summed E-state index contributed by atoms with van der Waals surface area (Å²) in [5.74, 6) is -1.25. The zero-order valence-electron chi connectivity index (χ0n) is 14.4. The molecule has 1 aliphatic rings. The minimum Gasteiger partial charge on any atom is -0.353 e. The number of carbonyl (C=O) groups is 2. The van der Waals surface area contributed by atoms with Crippen molar-refractivity contribution in [2.45, 2.75) is 18.9 Å². The number of amides is 2. The van der Waals surface area contributed by atoms with Gasteiger partial charge in [-0.25, -0.2) is 0 Å². The maximum Gasteiger partial charge on any atom is 0.313 e. The molecule has 6 heteroatoms. The van der Waals surface area contributed by atoms with Crippen LogP contribution in [0.2, 0.25) is 0 Å². The van der Waals surface area contributed by atoms with E-state index >= 15 is 0 Å². The highest BCUT2D eigenvalue weighted by Gasteiger charge is 2.26.